The molecule has 1 saturated heterocycles. The van der Waals surface area contributed by atoms with Gasteiger partial charge in [0.1, 0.15) is 11.9 Å². The zero-order valence-corrected chi connectivity index (χ0v) is 11.4. The van der Waals surface area contributed by atoms with Gasteiger partial charge in [-0.15, -0.1) is 0 Å². The summed E-state index contributed by atoms with van der Waals surface area (Å²) in [6, 6.07) is -0.215. The summed E-state index contributed by atoms with van der Waals surface area (Å²) in [5, 5.41) is 15.8. The Balaban J connectivity index is 2.28. The average molecular weight is 265 g/mol. The number of hydrogen-bond acceptors (Lipinski definition) is 4. The molecule has 19 heavy (non-hydrogen) atoms. The lowest BCUT2D eigenvalue weighted by Crippen LogP contribution is -2.48. The maximum atomic E-state index is 12.3. The number of amides is 1. The average Bonchev–Trinajstić information content (AvgIpc) is 2.90. The first-order chi connectivity index (χ1) is 9.10. The molecule has 2 rings (SSSR count). The topological polar surface area (TPSA) is 97.3 Å². The van der Waals surface area contributed by atoms with Gasteiger partial charge in [0.25, 0.3) is 0 Å². The molecule has 2 atom stereocenters. The van der Waals surface area contributed by atoms with Crippen molar-refractivity contribution in [3.63, 3.8) is 0 Å². The smallest absolute Gasteiger partial charge is 0.229 e. The monoisotopic (exact) mass is 265 g/mol. The number of nitrogens with zero attached hydrogens (tertiary/aromatic N) is 2. The summed E-state index contributed by atoms with van der Waals surface area (Å²) in [7, 11) is 1.66. The summed E-state index contributed by atoms with van der Waals surface area (Å²) >= 11 is 0. The summed E-state index contributed by atoms with van der Waals surface area (Å²) in [6.07, 6.45) is 5.69. The van der Waals surface area contributed by atoms with E-state index in [2.05, 4.69) is 0 Å². The predicted molar refractivity (Wildman–Crippen MR) is 74.6 cm³/mol. The normalized spacial score (nSPS) is 29.8. The Labute approximate surface area is 113 Å². The Morgan fingerprint density at radius 1 is 1.42 bits per heavy atom. The summed E-state index contributed by atoms with van der Waals surface area (Å²) in [5.74, 6) is 0.0471. The Morgan fingerprint density at radius 2 is 2.05 bits per heavy atom. The van der Waals surface area contributed by atoms with Crippen LogP contribution in [0.3, 0.4) is 0 Å². The molecule has 6 nitrogen and oxygen atoms in total. The second-order valence-corrected chi connectivity index (χ2v) is 5.47. The molecule has 2 fully saturated rings. The zero-order chi connectivity index (χ0) is 14.0. The molecule has 2 aliphatic rings. The van der Waals surface area contributed by atoms with E-state index in [4.69, 9.17) is 16.6 Å². The Kier molecular flexibility index (Phi) is 4.19. The summed E-state index contributed by atoms with van der Waals surface area (Å²) < 4.78 is 0. The fraction of sp³-hybridized carbons (Fsp3) is 0.769. The van der Waals surface area contributed by atoms with E-state index in [-0.39, 0.29) is 11.8 Å². The minimum absolute atomic E-state index is 0.0544. The van der Waals surface area contributed by atoms with Gasteiger partial charge in [-0.2, -0.15) is 0 Å². The minimum Gasteiger partial charge on any atom is -0.355 e. The van der Waals surface area contributed by atoms with E-state index in [9.17, 15) is 4.79 Å². The summed E-state index contributed by atoms with van der Waals surface area (Å²) in [6.45, 7) is 0.817. The molecule has 1 amide bonds. The SMILES string of the molecule is CN1C(=O)C(CN)CN(C2CCCC2)C(=N)C1C=N. The highest BCUT2D eigenvalue weighted by molar-refractivity contribution is 6.03. The lowest BCUT2D eigenvalue weighted by Gasteiger charge is -2.33. The molecule has 0 aromatic carbocycles. The molecule has 1 heterocycles. The second kappa shape index (κ2) is 5.69. The van der Waals surface area contributed by atoms with Gasteiger partial charge in [0.15, 0.2) is 0 Å². The van der Waals surface area contributed by atoms with Crippen molar-refractivity contribution in [1.82, 2.24) is 9.80 Å². The standard InChI is InChI=1S/C13H23N5O/c1-17-11(7-15)12(16)18(10-4-2-3-5-10)8-9(6-14)13(17)19/h7,9-11,15-16H,2-6,8,14H2,1H3. The predicted octanol–water partition coefficient (Wildman–Crippen LogP) is 0.273. The van der Waals surface area contributed by atoms with Crippen molar-refractivity contribution < 1.29 is 4.79 Å². The van der Waals surface area contributed by atoms with Crippen LogP contribution in [0.2, 0.25) is 0 Å². The van der Waals surface area contributed by atoms with Crippen LogP contribution in [-0.2, 0) is 4.79 Å². The number of hydrogen-bond donors (Lipinski definition) is 3. The van der Waals surface area contributed by atoms with Gasteiger partial charge in [-0.1, -0.05) is 12.8 Å². The van der Waals surface area contributed by atoms with E-state index in [0.29, 0.717) is 25.0 Å². The molecule has 0 spiro atoms. The van der Waals surface area contributed by atoms with E-state index >= 15 is 0 Å². The number of carbonyl (C=O) groups is 1. The third-order valence-electron chi connectivity index (χ3n) is 4.33. The van der Waals surface area contributed by atoms with Crippen LogP contribution >= 0.6 is 0 Å². The van der Waals surface area contributed by atoms with Gasteiger partial charge in [0.05, 0.1) is 5.92 Å². The third-order valence-corrected chi connectivity index (χ3v) is 4.33. The first-order valence-electron chi connectivity index (χ1n) is 6.92. The highest BCUT2D eigenvalue weighted by Crippen LogP contribution is 2.27. The van der Waals surface area contributed by atoms with Crippen LogP contribution in [0, 0.1) is 16.7 Å². The second-order valence-electron chi connectivity index (χ2n) is 5.47. The fourth-order valence-electron chi connectivity index (χ4n) is 3.12. The number of amidine groups is 1. The molecule has 1 saturated carbocycles. The zero-order valence-electron chi connectivity index (χ0n) is 11.4. The summed E-state index contributed by atoms with van der Waals surface area (Å²) in [4.78, 5) is 15.8. The molecular formula is C13H23N5O. The van der Waals surface area contributed by atoms with Gasteiger partial charge in [0.2, 0.25) is 5.91 Å². The van der Waals surface area contributed by atoms with Crippen LogP contribution in [-0.4, -0.2) is 60.0 Å². The van der Waals surface area contributed by atoms with Crippen molar-refractivity contribution in [3.05, 3.63) is 0 Å². The molecule has 1 aliphatic carbocycles. The highest BCUT2D eigenvalue weighted by atomic mass is 16.2. The van der Waals surface area contributed by atoms with Crippen molar-refractivity contribution >= 4 is 18.0 Å². The maximum absolute atomic E-state index is 12.3. The van der Waals surface area contributed by atoms with Crippen molar-refractivity contribution in [2.24, 2.45) is 11.7 Å². The van der Waals surface area contributed by atoms with Crippen LogP contribution in [0.15, 0.2) is 0 Å². The number of nitrogens with two attached hydrogens (primary N) is 1. The van der Waals surface area contributed by atoms with Crippen molar-refractivity contribution in [3.8, 4) is 0 Å². The molecule has 0 aromatic rings. The van der Waals surface area contributed by atoms with Gasteiger partial charge in [0, 0.05) is 32.4 Å². The molecule has 2 unspecified atom stereocenters. The van der Waals surface area contributed by atoms with Crippen LogP contribution in [0.25, 0.3) is 0 Å². The van der Waals surface area contributed by atoms with Gasteiger partial charge in [-0.25, -0.2) is 0 Å². The van der Waals surface area contributed by atoms with Crippen molar-refractivity contribution in [2.45, 2.75) is 37.8 Å². The Morgan fingerprint density at radius 3 is 2.58 bits per heavy atom. The number of likely N-dealkylation sites (N-methyl/N-ethyl adjacent to an activating group) is 1. The highest BCUT2D eigenvalue weighted by Gasteiger charge is 2.38. The van der Waals surface area contributed by atoms with Crippen molar-refractivity contribution in [2.75, 3.05) is 20.1 Å². The van der Waals surface area contributed by atoms with Crippen LogP contribution in [0.1, 0.15) is 25.7 Å². The number of nitrogens with one attached hydrogen (secondary N) is 2. The Hall–Kier alpha value is -1.43. The number of rotatable bonds is 3. The van der Waals surface area contributed by atoms with E-state index in [0.717, 1.165) is 12.8 Å². The van der Waals surface area contributed by atoms with Crippen LogP contribution in [0.4, 0.5) is 0 Å². The first kappa shape index (κ1) is 14.0. The maximum Gasteiger partial charge on any atom is 0.229 e. The molecule has 0 aromatic heterocycles. The fourth-order valence-corrected chi connectivity index (χ4v) is 3.12. The van der Waals surface area contributed by atoms with Gasteiger partial charge in [-0.3, -0.25) is 10.2 Å². The third kappa shape index (κ3) is 2.49. The van der Waals surface area contributed by atoms with E-state index in [1.165, 1.54) is 24.0 Å². The molecule has 4 N–H and O–H groups in total. The molecule has 0 radical (unpaired) electrons. The van der Waals surface area contributed by atoms with Gasteiger partial charge >= 0.3 is 0 Å². The van der Waals surface area contributed by atoms with Crippen molar-refractivity contribution in [1.29, 1.82) is 10.8 Å². The van der Waals surface area contributed by atoms with Gasteiger partial charge in [-0.05, 0) is 12.8 Å². The van der Waals surface area contributed by atoms with Crippen LogP contribution < -0.4 is 5.73 Å². The van der Waals surface area contributed by atoms with E-state index < -0.39 is 6.04 Å². The molecule has 1 aliphatic heterocycles. The lowest BCUT2D eigenvalue weighted by molar-refractivity contribution is -0.133. The number of carbonyl (C=O) groups excluding carboxylic acids is 1. The largest absolute Gasteiger partial charge is 0.355 e. The lowest BCUT2D eigenvalue weighted by atomic mass is 10.1. The summed E-state index contributed by atoms with van der Waals surface area (Å²) in [5.41, 5.74) is 5.72. The first-order valence-corrected chi connectivity index (χ1v) is 6.92. The minimum atomic E-state index is -0.551. The molecule has 6 heteroatoms. The van der Waals surface area contributed by atoms with E-state index in [1.54, 1.807) is 7.05 Å². The Bertz CT molecular complexity index is 377. The molecule has 0 bridgehead atoms. The molecule has 106 valence electrons. The molecular weight excluding hydrogens is 242 g/mol. The quantitative estimate of drug-likeness (QED) is 0.639. The van der Waals surface area contributed by atoms with E-state index in [1.807, 2.05) is 4.90 Å². The van der Waals surface area contributed by atoms with Crippen LogP contribution in [0.5, 0.6) is 0 Å². The van der Waals surface area contributed by atoms with Gasteiger partial charge < -0.3 is 20.9 Å².